The van der Waals surface area contributed by atoms with Crippen molar-refractivity contribution in [1.82, 2.24) is 19.5 Å². The third-order valence-electron chi connectivity index (χ3n) is 5.71. The Labute approximate surface area is 169 Å². The minimum absolute atomic E-state index is 0.714. The van der Waals surface area contributed by atoms with Crippen LogP contribution in [0.15, 0.2) is 54.7 Å². The van der Waals surface area contributed by atoms with Crippen LogP contribution in [-0.2, 0) is 6.42 Å². The molecule has 2 aromatic carbocycles. The summed E-state index contributed by atoms with van der Waals surface area (Å²) in [4.78, 5) is 13.2. The maximum Gasteiger partial charge on any atom is 0.158 e. The number of nitrogens with one attached hydrogen (secondary N) is 1. The van der Waals surface area contributed by atoms with Gasteiger partial charge in [-0.3, -0.25) is 0 Å². The summed E-state index contributed by atoms with van der Waals surface area (Å²) >= 11 is 6.10. The molecule has 0 bridgehead atoms. The zero-order chi connectivity index (χ0) is 18.9. The molecule has 4 aromatic rings. The molecule has 0 aliphatic heterocycles. The summed E-state index contributed by atoms with van der Waals surface area (Å²) in [5.41, 5.74) is 3.97. The number of rotatable bonds is 4. The smallest absolute Gasteiger partial charge is 0.158 e. The van der Waals surface area contributed by atoms with Gasteiger partial charge in [-0.25, -0.2) is 9.97 Å². The first-order valence-corrected chi connectivity index (χ1v) is 10.4. The summed E-state index contributed by atoms with van der Waals surface area (Å²) in [5.74, 6) is 2.63. The summed E-state index contributed by atoms with van der Waals surface area (Å²) in [6.45, 7) is 0. The van der Waals surface area contributed by atoms with Gasteiger partial charge in [0.25, 0.3) is 0 Å². The molecule has 1 aliphatic rings. The molecule has 1 N–H and O–H groups in total. The van der Waals surface area contributed by atoms with Gasteiger partial charge in [-0.1, -0.05) is 55.8 Å². The van der Waals surface area contributed by atoms with Crippen molar-refractivity contribution in [3.63, 3.8) is 0 Å². The first-order chi connectivity index (χ1) is 13.8. The summed E-state index contributed by atoms with van der Waals surface area (Å²) in [5, 5.41) is 0.746. The van der Waals surface area contributed by atoms with Crippen LogP contribution in [0.5, 0.6) is 0 Å². The number of benzene rings is 2. The van der Waals surface area contributed by atoms with E-state index in [0.717, 1.165) is 45.5 Å². The molecule has 28 heavy (non-hydrogen) atoms. The van der Waals surface area contributed by atoms with Crippen molar-refractivity contribution in [1.29, 1.82) is 0 Å². The molecule has 4 nitrogen and oxygen atoms in total. The second-order valence-electron chi connectivity index (χ2n) is 7.70. The Morgan fingerprint density at radius 1 is 0.964 bits per heavy atom. The highest BCUT2D eigenvalue weighted by Crippen LogP contribution is 2.29. The van der Waals surface area contributed by atoms with Crippen molar-refractivity contribution < 1.29 is 0 Å². The van der Waals surface area contributed by atoms with Crippen LogP contribution in [0.2, 0.25) is 5.02 Å². The molecule has 0 unspecified atom stereocenters. The first-order valence-electron chi connectivity index (χ1n) is 10.1. The number of H-pyrrole nitrogens is 1. The second-order valence-corrected chi connectivity index (χ2v) is 8.14. The number of hydrogen-bond acceptors (Lipinski definition) is 2. The lowest BCUT2D eigenvalue weighted by Crippen LogP contribution is -2.12. The quantitative estimate of drug-likeness (QED) is 0.451. The largest absolute Gasteiger partial charge is 0.337 e. The van der Waals surface area contributed by atoms with Crippen LogP contribution in [0.1, 0.15) is 37.9 Å². The molecule has 0 atom stereocenters. The van der Waals surface area contributed by atoms with Crippen LogP contribution in [0, 0.1) is 5.92 Å². The van der Waals surface area contributed by atoms with Gasteiger partial charge in [0, 0.05) is 23.3 Å². The zero-order valence-electron chi connectivity index (χ0n) is 15.7. The van der Waals surface area contributed by atoms with E-state index in [4.69, 9.17) is 21.6 Å². The van der Waals surface area contributed by atoms with Crippen molar-refractivity contribution >= 4 is 22.6 Å². The molecule has 2 aromatic heterocycles. The molecule has 0 spiro atoms. The van der Waals surface area contributed by atoms with E-state index in [0.29, 0.717) is 5.92 Å². The second kappa shape index (κ2) is 7.44. The lowest BCUT2D eigenvalue weighted by molar-refractivity contribution is 0.350. The first kappa shape index (κ1) is 17.5. The van der Waals surface area contributed by atoms with Crippen molar-refractivity contribution in [3.8, 4) is 17.2 Å². The Morgan fingerprint density at radius 3 is 2.54 bits per heavy atom. The Bertz CT molecular complexity index is 1050. The molecule has 1 saturated carbocycles. The van der Waals surface area contributed by atoms with Crippen LogP contribution >= 0.6 is 11.6 Å². The van der Waals surface area contributed by atoms with Crippen molar-refractivity contribution in [3.05, 3.63) is 65.6 Å². The fraction of sp³-hybridized carbons (Fsp3) is 0.304. The minimum atomic E-state index is 0.714. The van der Waals surface area contributed by atoms with E-state index < -0.39 is 0 Å². The number of hydrogen-bond donors (Lipinski definition) is 1. The van der Waals surface area contributed by atoms with E-state index in [1.54, 1.807) is 0 Å². The molecule has 1 aliphatic carbocycles. The van der Waals surface area contributed by atoms with Gasteiger partial charge in [0.15, 0.2) is 5.82 Å². The van der Waals surface area contributed by atoms with Crippen LogP contribution in [0.4, 0.5) is 0 Å². The fourth-order valence-electron chi connectivity index (χ4n) is 4.23. The standard InChI is InChI=1S/C23H23ClN4/c24-17-10-12-18(13-11-17)28-15-21(23-26-19-8-4-5-9-20(19)27-23)25-22(28)14-16-6-2-1-3-7-16/h4-5,8-13,15-16H,1-3,6-7,14H2,(H,26,27). The Hall–Kier alpha value is -2.59. The lowest BCUT2D eigenvalue weighted by Gasteiger charge is -2.21. The highest BCUT2D eigenvalue weighted by molar-refractivity contribution is 6.30. The molecular formula is C23H23ClN4. The number of para-hydroxylation sites is 2. The average Bonchev–Trinajstić information content (AvgIpc) is 3.33. The predicted molar refractivity (Wildman–Crippen MR) is 114 cm³/mol. The molecule has 0 saturated heterocycles. The summed E-state index contributed by atoms with van der Waals surface area (Å²) < 4.78 is 2.20. The van der Waals surface area contributed by atoms with E-state index >= 15 is 0 Å². The molecule has 0 amide bonds. The van der Waals surface area contributed by atoms with Crippen molar-refractivity contribution in [2.45, 2.75) is 38.5 Å². The molecule has 5 rings (SSSR count). The third-order valence-corrected chi connectivity index (χ3v) is 5.96. The molecule has 5 heteroatoms. The maximum absolute atomic E-state index is 6.10. The predicted octanol–water partition coefficient (Wildman–Crippen LogP) is 6.19. The third kappa shape index (κ3) is 3.45. The van der Waals surface area contributed by atoms with Crippen LogP contribution in [-0.4, -0.2) is 19.5 Å². The van der Waals surface area contributed by atoms with Crippen LogP contribution in [0.3, 0.4) is 0 Å². The number of aromatic amines is 1. The van der Waals surface area contributed by atoms with E-state index in [1.807, 2.05) is 36.4 Å². The Morgan fingerprint density at radius 2 is 1.75 bits per heavy atom. The van der Waals surface area contributed by atoms with Gasteiger partial charge in [-0.2, -0.15) is 0 Å². The molecular weight excluding hydrogens is 368 g/mol. The molecule has 1 fully saturated rings. The zero-order valence-corrected chi connectivity index (χ0v) is 16.5. The van der Waals surface area contributed by atoms with E-state index in [1.165, 1.54) is 32.1 Å². The van der Waals surface area contributed by atoms with Crippen LogP contribution in [0.25, 0.3) is 28.2 Å². The monoisotopic (exact) mass is 390 g/mol. The highest BCUT2D eigenvalue weighted by Gasteiger charge is 2.20. The summed E-state index contributed by atoms with van der Waals surface area (Å²) in [6.07, 6.45) is 9.74. The molecule has 2 heterocycles. The highest BCUT2D eigenvalue weighted by atomic mass is 35.5. The number of fused-ring (bicyclic) bond motifs is 1. The number of aromatic nitrogens is 4. The topological polar surface area (TPSA) is 46.5 Å². The maximum atomic E-state index is 6.10. The normalized spacial score (nSPS) is 15.3. The summed E-state index contributed by atoms with van der Waals surface area (Å²) in [6, 6.07) is 16.1. The van der Waals surface area contributed by atoms with Gasteiger partial charge in [-0.15, -0.1) is 0 Å². The molecule has 142 valence electrons. The Kier molecular flexibility index (Phi) is 4.65. The minimum Gasteiger partial charge on any atom is -0.337 e. The van der Waals surface area contributed by atoms with E-state index in [9.17, 15) is 0 Å². The fourth-order valence-corrected chi connectivity index (χ4v) is 4.35. The lowest BCUT2D eigenvalue weighted by atomic mass is 9.87. The van der Waals surface area contributed by atoms with Crippen molar-refractivity contribution in [2.75, 3.05) is 0 Å². The van der Waals surface area contributed by atoms with Crippen molar-refractivity contribution in [2.24, 2.45) is 5.92 Å². The van der Waals surface area contributed by atoms with Crippen LogP contribution < -0.4 is 0 Å². The van der Waals surface area contributed by atoms with Gasteiger partial charge in [0.05, 0.1) is 11.0 Å². The van der Waals surface area contributed by atoms with Gasteiger partial charge >= 0.3 is 0 Å². The SMILES string of the molecule is Clc1ccc(-n2cc(-c3nc4ccccc4[nH]3)nc2CC2CCCCC2)cc1. The van der Waals surface area contributed by atoms with Gasteiger partial charge in [0.1, 0.15) is 11.5 Å². The number of nitrogens with zero attached hydrogens (tertiary/aromatic N) is 3. The van der Waals surface area contributed by atoms with Gasteiger partial charge < -0.3 is 9.55 Å². The average molecular weight is 391 g/mol. The van der Waals surface area contributed by atoms with E-state index in [-0.39, 0.29) is 0 Å². The number of imidazole rings is 2. The Balaban J connectivity index is 1.56. The summed E-state index contributed by atoms with van der Waals surface area (Å²) in [7, 11) is 0. The van der Waals surface area contributed by atoms with E-state index in [2.05, 4.69) is 27.9 Å². The van der Waals surface area contributed by atoms with Gasteiger partial charge in [-0.05, 0) is 42.3 Å². The number of halogens is 1. The molecule has 0 radical (unpaired) electrons. The van der Waals surface area contributed by atoms with Gasteiger partial charge in [0.2, 0.25) is 0 Å².